The summed E-state index contributed by atoms with van der Waals surface area (Å²) in [4.78, 5) is 0. The first-order valence-corrected chi connectivity index (χ1v) is 4.50. The van der Waals surface area contributed by atoms with E-state index in [1.165, 1.54) is 12.8 Å². The normalized spacial score (nSPS) is 28.9. The molecule has 0 radical (unpaired) electrons. The molecule has 0 unspecified atom stereocenters. The molecule has 4 nitrogen and oxygen atoms in total. The van der Waals surface area contributed by atoms with Gasteiger partial charge in [-0.05, 0) is 35.1 Å². The summed E-state index contributed by atoms with van der Waals surface area (Å²) in [7, 11) is 0. The van der Waals surface area contributed by atoms with Gasteiger partial charge in [0.15, 0.2) is 0 Å². The molecule has 4 heteroatoms. The highest BCUT2D eigenvalue weighted by Crippen LogP contribution is 2.41. The Balaban J connectivity index is 1.90. The van der Waals surface area contributed by atoms with Gasteiger partial charge in [0.2, 0.25) is 0 Å². The minimum Gasteiger partial charge on any atom is -0.229 e. The molecule has 1 aliphatic carbocycles. The Morgan fingerprint density at radius 1 is 1.42 bits per heavy atom. The van der Waals surface area contributed by atoms with E-state index in [0.29, 0.717) is 6.04 Å². The van der Waals surface area contributed by atoms with Crippen molar-refractivity contribution in [3.05, 3.63) is 6.33 Å². The molecule has 0 N–H and O–H groups in total. The first-order valence-electron chi connectivity index (χ1n) is 4.50. The Kier molecular flexibility index (Phi) is 1.83. The van der Waals surface area contributed by atoms with Crippen molar-refractivity contribution in [2.24, 2.45) is 11.8 Å². The van der Waals surface area contributed by atoms with Gasteiger partial charge in [-0.2, -0.15) is 0 Å². The lowest BCUT2D eigenvalue weighted by Gasteiger charge is -2.37. The van der Waals surface area contributed by atoms with Gasteiger partial charge in [-0.25, -0.2) is 4.68 Å². The number of hydrogen-bond acceptors (Lipinski definition) is 3. The highest BCUT2D eigenvalue weighted by atomic mass is 15.5. The standard InChI is InChI=1S/C8H14N4/c1-6(2)7-3-8(4-7)12-5-9-10-11-12/h5-8H,3-4H2,1-2H3. The molecular formula is C8H14N4. The van der Waals surface area contributed by atoms with Crippen LogP contribution in [-0.4, -0.2) is 20.2 Å². The predicted octanol–water partition coefficient (Wildman–Crippen LogP) is 1.28. The second kappa shape index (κ2) is 2.84. The van der Waals surface area contributed by atoms with Crippen molar-refractivity contribution in [1.29, 1.82) is 0 Å². The van der Waals surface area contributed by atoms with Crippen LogP contribution in [-0.2, 0) is 0 Å². The summed E-state index contributed by atoms with van der Waals surface area (Å²) >= 11 is 0. The third-order valence-electron chi connectivity index (χ3n) is 2.83. The zero-order valence-corrected chi connectivity index (χ0v) is 7.51. The molecule has 0 saturated heterocycles. The molecule has 1 aromatic heterocycles. The van der Waals surface area contributed by atoms with E-state index in [0.717, 1.165) is 11.8 Å². The molecule has 1 aromatic rings. The van der Waals surface area contributed by atoms with Gasteiger partial charge in [-0.1, -0.05) is 13.8 Å². The largest absolute Gasteiger partial charge is 0.229 e. The predicted molar refractivity (Wildman–Crippen MR) is 44.4 cm³/mol. The van der Waals surface area contributed by atoms with Crippen LogP contribution in [0.25, 0.3) is 0 Å². The SMILES string of the molecule is CC(C)C1CC(n2cnnn2)C1. The fraction of sp³-hybridized carbons (Fsp3) is 0.875. The minimum atomic E-state index is 0.562. The molecule has 0 bridgehead atoms. The summed E-state index contributed by atoms with van der Waals surface area (Å²) < 4.78 is 1.87. The molecule has 66 valence electrons. The quantitative estimate of drug-likeness (QED) is 0.664. The van der Waals surface area contributed by atoms with Crippen LogP contribution >= 0.6 is 0 Å². The molecule has 0 aliphatic heterocycles. The number of rotatable bonds is 2. The zero-order valence-electron chi connectivity index (χ0n) is 7.51. The van der Waals surface area contributed by atoms with Crippen LogP contribution < -0.4 is 0 Å². The molecule has 1 saturated carbocycles. The van der Waals surface area contributed by atoms with Crippen molar-refractivity contribution in [2.45, 2.75) is 32.7 Å². The molecule has 1 heterocycles. The fourth-order valence-electron chi connectivity index (χ4n) is 1.73. The van der Waals surface area contributed by atoms with E-state index in [1.54, 1.807) is 6.33 Å². The van der Waals surface area contributed by atoms with E-state index < -0.39 is 0 Å². The van der Waals surface area contributed by atoms with Crippen LogP contribution in [0.3, 0.4) is 0 Å². The van der Waals surface area contributed by atoms with E-state index in [9.17, 15) is 0 Å². The second-order valence-corrected chi connectivity index (χ2v) is 3.92. The van der Waals surface area contributed by atoms with Gasteiger partial charge >= 0.3 is 0 Å². The van der Waals surface area contributed by atoms with E-state index in [-0.39, 0.29) is 0 Å². The number of tetrazole rings is 1. The van der Waals surface area contributed by atoms with Gasteiger partial charge in [0.25, 0.3) is 0 Å². The number of aromatic nitrogens is 4. The van der Waals surface area contributed by atoms with Gasteiger partial charge < -0.3 is 0 Å². The summed E-state index contributed by atoms with van der Waals surface area (Å²) in [5.74, 6) is 1.68. The lowest BCUT2D eigenvalue weighted by atomic mass is 9.74. The summed E-state index contributed by atoms with van der Waals surface area (Å²) in [5, 5.41) is 11.1. The molecule has 1 aliphatic rings. The molecule has 0 atom stereocenters. The Morgan fingerprint density at radius 2 is 2.17 bits per heavy atom. The highest BCUT2D eigenvalue weighted by molar-refractivity contribution is 4.84. The smallest absolute Gasteiger partial charge is 0.138 e. The molecule has 1 fully saturated rings. The molecule has 2 rings (SSSR count). The van der Waals surface area contributed by atoms with Crippen LogP contribution in [0.5, 0.6) is 0 Å². The molecular weight excluding hydrogens is 152 g/mol. The number of nitrogens with zero attached hydrogens (tertiary/aromatic N) is 4. The monoisotopic (exact) mass is 166 g/mol. The van der Waals surface area contributed by atoms with Crippen molar-refractivity contribution >= 4 is 0 Å². The average molecular weight is 166 g/mol. The van der Waals surface area contributed by atoms with Gasteiger partial charge in [0.05, 0.1) is 6.04 Å². The Morgan fingerprint density at radius 3 is 2.67 bits per heavy atom. The van der Waals surface area contributed by atoms with Gasteiger partial charge in [-0.15, -0.1) is 5.10 Å². The number of hydrogen-bond donors (Lipinski definition) is 0. The molecule has 0 spiro atoms. The van der Waals surface area contributed by atoms with Crippen molar-refractivity contribution in [3.63, 3.8) is 0 Å². The maximum atomic E-state index is 3.89. The van der Waals surface area contributed by atoms with Crippen LogP contribution in [0.1, 0.15) is 32.7 Å². The van der Waals surface area contributed by atoms with E-state index in [1.807, 2.05) is 4.68 Å². The summed E-state index contributed by atoms with van der Waals surface area (Å²) in [6, 6.07) is 0.562. The highest BCUT2D eigenvalue weighted by Gasteiger charge is 2.32. The van der Waals surface area contributed by atoms with Crippen LogP contribution in [0.15, 0.2) is 6.33 Å². The van der Waals surface area contributed by atoms with Crippen molar-refractivity contribution in [2.75, 3.05) is 0 Å². The van der Waals surface area contributed by atoms with Crippen molar-refractivity contribution < 1.29 is 0 Å². The van der Waals surface area contributed by atoms with Crippen LogP contribution in [0.4, 0.5) is 0 Å². The summed E-state index contributed by atoms with van der Waals surface area (Å²) in [5.41, 5.74) is 0. The van der Waals surface area contributed by atoms with E-state index >= 15 is 0 Å². The average Bonchev–Trinajstić information content (AvgIpc) is 2.34. The lowest BCUT2D eigenvalue weighted by molar-refractivity contribution is 0.135. The maximum absolute atomic E-state index is 3.89. The lowest BCUT2D eigenvalue weighted by Crippen LogP contribution is -2.30. The summed E-state index contributed by atoms with van der Waals surface area (Å²) in [6.07, 6.45) is 4.19. The molecule has 12 heavy (non-hydrogen) atoms. The Labute approximate surface area is 72.0 Å². The van der Waals surface area contributed by atoms with Crippen molar-refractivity contribution in [1.82, 2.24) is 20.2 Å². The van der Waals surface area contributed by atoms with Gasteiger partial charge in [0, 0.05) is 0 Å². The molecule has 0 aromatic carbocycles. The van der Waals surface area contributed by atoms with Crippen LogP contribution in [0.2, 0.25) is 0 Å². The zero-order chi connectivity index (χ0) is 8.55. The van der Waals surface area contributed by atoms with E-state index in [4.69, 9.17) is 0 Å². The summed E-state index contributed by atoms with van der Waals surface area (Å²) in [6.45, 7) is 4.56. The Hall–Kier alpha value is -0.930. The van der Waals surface area contributed by atoms with E-state index in [2.05, 4.69) is 29.4 Å². The van der Waals surface area contributed by atoms with Crippen LogP contribution in [0, 0.1) is 11.8 Å². The van der Waals surface area contributed by atoms with Crippen molar-refractivity contribution in [3.8, 4) is 0 Å². The first kappa shape index (κ1) is 7.71. The fourth-order valence-corrected chi connectivity index (χ4v) is 1.73. The van der Waals surface area contributed by atoms with Gasteiger partial charge in [-0.3, -0.25) is 0 Å². The first-order chi connectivity index (χ1) is 5.77. The second-order valence-electron chi connectivity index (χ2n) is 3.92. The maximum Gasteiger partial charge on any atom is 0.138 e. The van der Waals surface area contributed by atoms with Gasteiger partial charge in [0.1, 0.15) is 6.33 Å². The topological polar surface area (TPSA) is 43.6 Å². The Bertz CT molecular complexity index is 236. The minimum absolute atomic E-state index is 0.562. The molecule has 0 amide bonds. The third kappa shape index (κ3) is 1.21. The third-order valence-corrected chi connectivity index (χ3v) is 2.83.